The number of rotatable bonds is 4. The molecule has 0 unspecified atom stereocenters. The molecule has 2 aliphatic rings. The van der Waals surface area contributed by atoms with Crippen molar-refractivity contribution < 1.29 is 14.4 Å². The van der Waals surface area contributed by atoms with Crippen molar-refractivity contribution >= 4 is 21.8 Å². The third-order valence-corrected chi connectivity index (χ3v) is 6.10. The molecule has 1 amide bonds. The number of carbonyl (C=O) groups excluding carboxylic acids is 1. The average molecular weight is 396 g/mol. The molecule has 2 fully saturated rings. The Morgan fingerprint density at radius 2 is 1.88 bits per heavy atom. The average Bonchev–Trinajstić information content (AvgIpc) is 2.61. The lowest BCUT2D eigenvalue weighted by atomic mass is 9.84. The van der Waals surface area contributed by atoms with Gasteiger partial charge in [0.25, 0.3) is 5.91 Å². The molecule has 1 saturated carbocycles. The van der Waals surface area contributed by atoms with E-state index in [2.05, 4.69) is 22.9 Å². The van der Waals surface area contributed by atoms with Gasteiger partial charge in [-0.1, -0.05) is 29.3 Å². The maximum atomic E-state index is 12.4. The number of carbonyl (C=O) groups is 1. The second-order valence-electron chi connectivity index (χ2n) is 7.15. The number of hydrogen-bond donors (Lipinski definition) is 1. The van der Waals surface area contributed by atoms with Gasteiger partial charge in [0.15, 0.2) is 6.61 Å². The molecule has 4 nitrogen and oxygen atoms in total. The number of benzene rings is 1. The number of nitrogens with zero attached hydrogens (tertiary/aromatic N) is 1. The molecule has 0 aromatic heterocycles. The van der Waals surface area contributed by atoms with Crippen LogP contribution in [-0.4, -0.2) is 49.6 Å². The van der Waals surface area contributed by atoms with E-state index in [-0.39, 0.29) is 12.5 Å². The summed E-state index contributed by atoms with van der Waals surface area (Å²) in [4.78, 5) is 16.0. The minimum absolute atomic E-state index is 0.105. The van der Waals surface area contributed by atoms with Crippen LogP contribution in [0, 0.1) is 5.92 Å². The minimum Gasteiger partial charge on any atom is -0.484 e. The van der Waals surface area contributed by atoms with Crippen LogP contribution in [0.1, 0.15) is 32.6 Å². The third kappa shape index (κ3) is 4.51. The van der Waals surface area contributed by atoms with Crippen molar-refractivity contribution in [2.45, 2.75) is 38.6 Å². The van der Waals surface area contributed by atoms with E-state index in [0.717, 1.165) is 48.4 Å². The van der Waals surface area contributed by atoms with E-state index in [1.165, 1.54) is 25.7 Å². The third-order valence-electron chi connectivity index (χ3n) is 5.57. The molecule has 1 heterocycles. The van der Waals surface area contributed by atoms with E-state index in [0.29, 0.717) is 0 Å². The summed E-state index contributed by atoms with van der Waals surface area (Å²) in [7, 11) is 0. The Bertz CT molecular complexity index is 541. The quantitative estimate of drug-likeness (QED) is 0.846. The highest BCUT2D eigenvalue weighted by atomic mass is 79.9. The van der Waals surface area contributed by atoms with Crippen molar-refractivity contribution in [3.8, 4) is 5.75 Å². The summed E-state index contributed by atoms with van der Waals surface area (Å²) in [5.74, 6) is 1.68. The van der Waals surface area contributed by atoms with Gasteiger partial charge in [-0.3, -0.25) is 4.79 Å². The van der Waals surface area contributed by atoms with E-state index in [1.54, 1.807) is 4.90 Å². The number of piperazine rings is 1. The molecular weight excluding hydrogens is 368 g/mol. The topological polar surface area (TPSA) is 34.0 Å². The summed E-state index contributed by atoms with van der Waals surface area (Å²) in [6.07, 6.45) is 5.50. The highest BCUT2D eigenvalue weighted by molar-refractivity contribution is 9.10. The van der Waals surface area contributed by atoms with Gasteiger partial charge in [0, 0.05) is 10.4 Å². The number of amides is 1. The predicted molar refractivity (Wildman–Crippen MR) is 98.3 cm³/mol. The first-order valence-corrected chi connectivity index (χ1v) is 9.93. The van der Waals surface area contributed by atoms with Crippen molar-refractivity contribution in [2.24, 2.45) is 5.92 Å². The SMILES string of the molecule is C[C@@H]1CCCC[C@@H]1[NH+]1CCN(C(=O)COc2ccc(Br)cc2)CC1. The summed E-state index contributed by atoms with van der Waals surface area (Å²) in [5, 5.41) is 0. The van der Waals surface area contributed by atoms with Gasteiger partial charge in [-0.25, -0.2) is 0 Å². The van der Waals surface area contributed by atoms with Crippen LogP contribution in [0.25, 0.3) is 0 Å². The predicted octanol–water partition coefficient (Wildman–Crippen LogP) is 2.13. The van der Waals surface area contributed by atoms with Crippen molar-refractivity contribution in [2.75, 3.05) is 32.8 Å². The molecule has 0 bridgehead atoms. The molecule has 1 N–H and O–H groups in total. The molecule has 2 atom stereocenters. The van der Waals surface area contributed by atoms with E-state index < -0.39 is 0 Å². The first-order valence-electron chi connectivity index (χ1n) is 9.14. The van der Waals surface area contributed by atoms with Gasteiger partial charge in [0.1, 0.15) is 5.75 Å². The molecule has 1 aromatic rings. The van der Waals surface area contributed by atoms with Crippen molar-refractivity contribution in [3.63, 3.8) is 0 Å². The summed E-state index contributed by atoms with van der Waals surface area (Å²) >= 11 is 3.40. The fourth-order valence-corrected chi connectivity index (χ4v) is 4.37. The fraction of sp³-hybridized carbons (Fsp3) is 0.632. The Kier molecular flexibility index (Phi) is 6.17. The molecule has 1 aliphatic heterocycles. The monoisotopic (exact) mass is 395 g/mol. The standard InChI is InChI=1S/C19H27BrN2O2/c1-15-4-2-3-5-18(15)21-10-12-22(13-11-21)19(23)14-24-17-8-6-16(20)7-9-17/h6-9,15,18H,2-5,10-14H2,1H3/p+1/t15-,18+/m1/s1. The molecule has 1 aromatic carbocycles. The van der Waals surface area contributed by atoms with Crippen molar-refractivity contribution in [3.05, 3.63) is 28.7 Å². The van der Waals surface area contributed by atoms with Crippen LogP contribution in [0.4, 0.5) is 0 Å². The lowest BCUT2D eigenvalue weighted by molar-refractivity contribution is -0.934. The fourth-order valence-electron chi connectivity index (χ4n) is 4.10. The molecule has 3 rings (SSSR count). The summed E-state index contributed by atoms with van der Waals surface area (Å²) in [6, 6.07) is 8.41. The van der Waals surface area contributed by atoms with Crippen LogP contribution in [0.3, 0.4) is 0 Å². The minimum atomic E-state index is 0.105. The van der Waals surface area contributed by atoms with E-state index in [1.807, 2.05) is 29.2 Å². The number of hydrogen-bond acceptors (Lipinski definition) is 2. The molecule has 0 radical (unpaired) electrons. The van der Waals surface area contributed by atoms with Crippen molar-refractivity contribution in [1.82, 2.24) is 4.90 Å². The molecule has 24 heavy (non-hydrogen) atoms. The van der Waals surface area contributed by atoms with Crippen LogP contribution in [0.5, 0.6) is 5.75 Å². The van der Waals surface area contributed by atoms with E-state index in [9.17, 15) is 4.79 Å². The van der Waals surface area contributed by atoms with Gasteiger partial charge in [-0.05, 0) is 43.5 Å². The first-order chi connectivity index (χ1) is 11.6. The van der Waals surface area contributed by atoms with Gasteiger partial charge in [0.2, 0.25) is 0 Å². The summed E-state index contributed by atoms with van der Waals surface area (Å²) < 4.78 is 6.63. The van der Waals surface area contributed by atoms with Gasteiger partial charge >= 0.3 is 0 Å². The van der Waals surface area contributed by atoms with Crippen LogP contribution in [0.2, 0.25) is 0 Å². The van der Waals surface area contributed by atoms with Crippen LogP contribution in [0.15, 0.2) is 28.7 Å². The zero-order chi connectivity index (χ0) is 16.9. The Hall–Kier alpha value is -1.07. The lowest BCUT2D eigenvalue weighted by Crippen LogP contribution is -3.19. The van der Waals surface area contributed by atoms with Crippen LogP contribution >= 0.6 is 15.9 Å². The molecular formula is C19H28BrN2O2+. The second kappa shape index (κ2) is 8.34. The molecule has 1 aliphatic carbocycles. The van der Waals surface area contributed by atoms with Crippen molar-refractivity contribution in [1.29, 1.82) is 0 Å². The van der Waals surface area contributed by atoms with Gasteiger partial charge in [-0.15, -0.1) is 0 Å². The molecule has 5 heteroatoms. The Morgan fingerprint density at radius 1 is 1.21 bits per heavy atom. The number of ether oxygens (including phenoxy) is 1. The van der Waals surface area contributed by atoms with Gasteiger partial charge < -0.3 is 14.5 Å². The maximum absolute atomic E-state index is 12.4. The molecule has 1 saturated heterocycles. The number of quaternary nitrogens is 1. The van der Waals surface area contributed by atoms with Gasteiger partial charge in [0.05, 0.1) is 32.2 Å². The molecule has 132 valence electrons. The Balaban J connectivity index is 1.44. The van der Waals surface area contributed by atoms with E-state index >= 15 is 0 Å². The normalized spacial score (nSPS) is 25.5. The smallest absolute Gasteiger partial charge is 0.260 e. The number of nitrogens with one attached hydrogen (secondary N) is 1. The zero-order valence-corrected chi connectivity index (χ0v) is 16.1. The number of halogens is 1. The Labute approximate surface area is 153 Å². The first kappa shape index (κ1) is 17.7. The van der Waals surface area contributed by atoms with Crippen LogP contribution < -0.4 is 9.64 Å². The molecule has 0 spiro atoms. The zero-order valence-electron chi connectivity index (χ0n) is 14.5. The van der Waals surface area contributed by atoms with E-state index in [4.69, 9.17) is 4.74 Å². The highest BCUT2D eigenvalue weighted by Crippen LogP contribution is 2.22. The van der Waals surface area contributed by atoms with Gasteiger partial charge in [-0.2, -0.15) is 0 Å². The van der Waals surface area contributed by atoms with Crippen LogP contribution in [-0.2, 0) is 4.79 Å². The second-order valence-corrected chi connectivity index (χ2v) is 8.07. The Morgan fingerprint density at radius 3 is 2.54 bits per heavy atom. The highest BCUT2D eigenvalue weighted by Gasteiger charge is 2.33. The lowest BCUT2D eigenvalue weighted by Gasteiger charge is -2.40. The largest absolute Gasteiger partial charge is 0.484 e. The summed E-state index contributed by atoms with van der Waals surface area (Å²) in [5.41, 5.74) is 0. The maximum Gasteiger partial charge on any atom is 0.260 e. The summed E-state index contributed by atoms with van der Waals surface area (Å²) in [6.45, 7) is 6.43.